The Morgan fingerprint density at radius 3 is 2.32 bits per heavy atom. The Labute approximate surface area is 119 Å². The SMILES string of the molecule is CC1(C)[C@H](N)C(C)(C)[C@H]1Oc1ccc(C#N)c(Cl)c1. The van der Waals surface area contributed by atoms with Crippen molar-refractivity contribution in [3.05, 3.63) is 28.8 Å². The molecule has 0 aromatic heterocycles. The van der Waals surface area contributed by atoms with Crippen molar-refractivity contribution in [3.8, 4) is 11.8 Å². The van der Waals surface area contributed by atoms with Crippen molar-refractivity contribution in [2.45, 2.75) is 39.8 Å². The van der Waals surface area contributed by atoms with E-state index in [4.69, 9.17) is 27.3 Å². The molecule has 102 valence electrons. The zero-order valence-corrected chi connectivity index (χ0v) is 12.5. The van der Waals surface area contributed by atoms with E-state index in [1.54, 1.807) is 18.2 Å². The van der Waals surface area contributed by atoms with Gasteiger partial charge in [-0.25, -0.2) is 0 Å². The molecule has 1 aliphatic carbocycles. The van der Waals surface area contributed by atoms with Crippen molar-refractivity contribution in [2.75, 3.05) is 0 Å². The average Bonchev–Trinajstić information content (AvgIpc) is 2.34. The van der Waals surface area contributed by atoms with E-state index < -0.39 is 0 Å². The molecular weight excluding hydrogens is 260 g/mol. The summed E-state index contributed by atoms with van der Waals surface area (Å²) in [6.45, 7) is 8.44. The van der Waals surface area contributed by atoms with E-state index in [9.17, 15) is 0 Å². The monoisotopic (exact) mass is 278 g/mol. The van der Waals surface area contributed by atoms with Crippen LogP contribution in [0, 0.1) is 22.2 Å². The molecule has 0 atom stereocenters. The lowest BCUT2D eigenvalue weighted by Crippen LogP contribution is -2.72. The zero-order valence-electron chi connectivity index (χ0n) is 11.7. The minimum absolute atomic E-state index is 0.0269. The lowest BCUT2D eigenvalue weighted by atomic mass is 9.50. The zero-order chi connectivity index (χ0) is 14.4. The lowest BCUT2D eigenvalue weighted by molar-refractivity contribution is -0.155. The third-order valence-electron chi connectivity index (χ3n) is 4.27. The first-order valence-corrected chi connectivity index (χ1v) is 6.71. The smallest absolute Gasteiger partial charge is 0.121 e. The second kappa shape index (κ2) is 4.40. The molecule has 0 radical (unpaired) electrons. The van der Waals surface area contributed by atoms with Crippen LogP contribution < -0.4 is 10.5 Å². The van der Waals surface area contributed by atoms with Crippen molar-refractivity contribution in [1.29, 1.82) is 5.26 Å². The first-order valence-electron chi connectivity index (χ1n) is 6.33. The Kier molecular flexibility index (Phi) is 3.28. The molecular formula is C15H19ClN2O. The van der Waals surface area contributed by atoms with Gasteiger partial charge in [-0.05, 0) is 12.1 Å². The van der Waals surface area contributed by atoms with Gasteiger partial charge in [0, 0.05) is 22.9 Å². The highest BCUT2D eigenvalue weighted by Gasteiger charge is 2.61. The summed E-state index contributed by atoms with van der Waals surface area (Å²) in [4.78, 5) is 0. The average molecular weight is 279 g/mol. The minimum atomic E-state index is -0.0795. The summed E-state index contributed by atoms with van der Waals surface area (Å²) in [6.07, 6.45) is 0.0269. The fraction of sp³-hybridized carbons (Fsp3) is 0.533. The highest BCUT2D eigenvalue weighted by Crippen LogP contribution is 2.54. The summed E-state index contributed by atoms with van der Waals surface area (Å²) in [5.41, 5.74) is 6.50. The number of hydrogen-bond donors (Lipinski definition) is 1. The second-order valence-electron chi connectivity index (χ2n) is 6.37. The van der Waals surface area contributed by atoms with Crippen LogP contribution in [0.15, 0.2) is 18.2 Å². The Morgan fingerprint density at radius 2 is 1.84 bits per heavy atom. The van der Waals surface area contributed by atoms with Crippen molar-refractivity contribution in [2.24, 2.45) is 16.6 Å². The van der Waals surface area contributed by atoms with Crippen LogP contribution in [-0.4, -0.2) is 12.1 Å². The van der Waals surface area contributed by atoms with Gasteiger partial charge >= 0.3 is 0 Å². The van der Waals surface area contributed by atoms with Crippen molar-refractivity contribution < 1.29 is 4.74 Å². The molecule has 1 aromatic rings. The van der Waals surface area contributed by atoms with Gasteiger partial charge in [-0.2, -0.15) is 5.26 Å². The molecule has 3 nitrogen and oxygen atoms in total. The van der Waals surface area contributed by atoms with E-state index in [2.05, 4.69) is 27.7 Å². The highest BCUT2D eigenvalue weighted by molar-refractivity contribution is 6.31. The Bertz CT molecular complexity index is 530. The maximum absolute atomic E-state index is 8.86. The Balaban J connectivity index is 2.23. The third-order valence-corrected chi connectivity index (χ3v) is 4.58. The molecule has 4 heteroatoms. The van der Waals surface area contributed by atoms with Crippen LogP contribution in [0.2, 0.25) is 5.02 Å². The number of halogens is 1. The van der Waals surface area contributed by atoms with E-state index in [0.29, 0.717) is 16.3 Å². The van der Waals surface area contributed by atoms with Crippen molar-refractivity contribution in [3.63, 3.8) is 0 Å². The van der Waals surface area contributed by atoms with Crippen LogP contribution in [-0.2, 0) is 0 Å². The van der Waals surface area contributed by atoms with Crippen LogP contribution in [0.3, 0.4) is 0 Å². The van der Waals surface area contributed by atoms with E-state index in [1.165, 1.54) is 0 Å². The second-order valence-corrected chi connectivity index (χ2v) is 6.78. The predicted octanol–water partition coefficient (Wildman–Crippen LogP) is 3.35. The summed E-state index contributed by atoms with van der Waals surface area (Å²) < 4.78 is 6.06. The first-order chi connectivity index (χ1) is 8.71. The van der Waals surface area contributed by atoms with Crippen molar-refractivity contribution >= 4 is 11.6 Å². The molecule has 0 aliphatic heterocycles. The van der Waals surface area contributed by atoms with Crippen LogP contribution in [0.5, 0.6) is 5.75 Å². The largest absolute Gasteiger partial charge is 0.489 e. The molecule has 2 rings (SSSR count). The summed E-state index contributed by atoms with van der Waals surface area (Å²) in [6, 6.07) is 7.28. The molecule has 1 fully saturated rings. The summed E-state index contributed by atoms with van der Waals surface area (Å²) in [7, 11) is 0. The maximum Gasteiger partial charge on any atom is 0.121 e. The topological polar surface area (TPSA) is 59.0 Å². The van der Waals surface area contributed by atoms with Gasteiger partial charge in [-0.1, -0.05) is 39.3 Å². The van der Waals surface area contributed by atoms with Crippen LogP contribution in [0.1, 0.15) is 33.3 Å². The standard InChI is InChI=1S/C15H19ClN2O/c1-14(2)12(18)15(3,4)13(14)19-10-6-5-9(8-17)11(16)7-10/h5-7,12-13H,18H2,1-4H3/t12-,13-. The van der Waals surface area contributed by atoms with E-state index in [0.717, 1.165) is 0 Å². The molecule has 0 unspecified atom stereocenters. The number of ether oxygens (including phenoxy) is 1. The molecule has 0 amide bonds. The molecule has 1 aliphatic rings. The Morgan fingerprint density at radius 1 is 1.26 bits per heavy atom. The van der Waals surface area contributed by atoms with Crippen molar-refractivity contribution in [1.82, 2.24) is 0 Å². The minimum Gasteiger partial charge on any atom is -0.489 e. The van der Waals surface area contributed by atoms with Crippen LogP contribution >= 0.6 is 11.6 Å². The summed E-state index contributed by atoms with van der Waals surface area (Å²) in [5.74, 6) is 0.682. The molecule has 0 saturated heterocycles. The maximum atomic E-state index is 8.86. The molecule has 19 heavy (non-hydrogen) atoms. The number of benzene rings is 1. The van der Waals surface area contributed by atoms with Gasteiger partial charge in [0.05, 0.1) is 10.6 Å². The van der Waals surface area contributed by atoms with Gasteiger partial charge in [0.15, 0.2) is 0 Å². The fourth-order valence-corrected chi connectivity index (χ4v) is 3.46. The molecule has 0 spiro atoms. The fourth-order valence-electron chi connectivity index (χ4n) is 3.25. The molecule has 0 heterocycles. The number of nitriles is 1. The van der Waals surface area contributed by atoms with Gasteiger partial charge in [-0.3, -0.25) is 0 Å². The van der Waals surface area contributed by atoms with E-state index in [-0.39, 0.29) is 23.0 Å². The number of rotatable bonds is 2. The quantitative estimate of drug-likeness (QED) is 0.902. The summed E-state index contributed by atoms with van der Waals surface area (Å²) in [5, 5.41) is 9.27. The molecule has 2 N–H and O–H groups in total. The number of hydrogen-bond acceptors (Lipinski definition) is 3. The van der Waals surface area contributed by atoms with E-state index in [1.807, 2.05) is 6.07 Å². The molecule has 1 aromatic carbocycles. The van der Waals surface area contributed by atoms with Gasteiger partial charge in [0.25, 0.3) is 0 Å². The van der Waals surface area contributed by atoms with Gasteiger partial charge < -0.3 is 10.5 Å². The lowest BCUT2D eigenvalue weighted by Gasteiger charge is -2.61. The highest BCUT2D eigenvalue weighted by atomic mass is 35.5. The van der Waals surface area contributed by atoms with Crippen LogP contribution in [0.4, 0.5) is 0 Å². The predicted molar refractivity (Wildman–Crippen MR) is 76.1 cm³/mol. The first kappa shape index (κ1) is 14.2. The molecule has 0 bridgehead atoms. The Hall–Kier alpha value is -1.24. The number of nitrogens with two attached hydrogens (primary N) is 1. The van der Waals surface area contributed by atoms with Gasteiger partial charge in [0.1, 0.15) is 17.9 Å². The third kappa shape index (κ3) is 2.09. The summed E-state index contributed by atoms with van der Waals surface area (Å²) >= 11 is 6.02. The van der Waals surface area contributed by atoms with E-state index >= 15 is 0 Å². The molecule has 1 saturated carbocycles. The van der Waals surface area contributed by atoms with Gasteiger partial charge in [0.2, 0.25) is 0 Å². The normalized spacial score (nSPS) is 27.2. The number of nitrogens with zero attached hydrogens (tertiary/aromatic N) is 1. The van der Waals surface area contributed by atoms with Gasteiger partial charge in [-0.15, -0.1) is 0 Å². The van der Waals surface area contributed by atoms with Crippen LogP contribution in [0.25, 0.3) is 0 Å².